The topological polar surface area (TPSA) is 57.6 Å². The Bertz CT molecular complexity index is 368. The summed E-state index contributed by atoms with van der Waals surface area (Å²) in [4.78, 5) is 25.3. The van der Waals surface area contributed by atoms with Gasteiger partial charge in [0.25, 0.3) is 0 Å². The standard InChI is InChI=1S/C14H23NO3/c1-4-14(3)7-11(14)12(16)15-6-5-10(13(17)18)9(2)8-15/h9-11H,4-8H2,1-3H3,(H,17,18). The molecule has 1 aliphatic carbocycles. The Hall–Kier alpha value is -1.06. The Labute approximate surface area is 108 Å². The quantitative estimate of drug-likeness (QED) is 0.837. The monoisotopic (exact) mass is 253 g/mol. The van der Waals surface area contributed by atoms with E-state index in [1.54, 1.807) is 0 Å². The largest absolute Gasteiger partial charge is 0.481 e. The Morgan fingerprint density at radius 1 is 1.44 bits per heavy atom. The second-order valence-electron chi connectivity index (χ2n) is 6.26. The summed E-state index contributed by atoms with van der Waals surface area (Å²) in [6.45, 7) is 7.45. The van der Waals surface area contributed by atoms with Gasteiger partial charge in [-0.3, -0.25) is 9.59 Å². The van der Waals surface area contributed by atoms with Crippen LogP contribution in [0.5, 0.6) is 0 Å². The van der Waals surface area contributed by atoms with Crippen LogP contribution in [-0.4, -0.2) is 35.0 Å². The normalized spacial score (nSPS) is 39.5. The second kappa shape index (κ2) is 4.56. The minimum absolute atomic E-state index is 0.0619. The van der Waals surface area contributed by atoms with Crippen molar-refractivity contribution in [2.45, 2.75) is 40.0 Å². The van der Waals surface area contributed by atoms with Gasteiger partial charge in [-0.2, -0.15) is 0 Å². The molecule has 0 aromatic carbocycles. The number of rotatable bonds is 3. The SMILES string of the molecule is CCC1(C)CC1C(=O)N1CCC(C(=O)O)C(C)C1. The maximum Gasteiger partial charge on any atom is 0.306 e. The highest BCUT2D eigenvalue weighted by molar-refractivity contribution is 5.83. The molecule has 0 bridgehead atoms. The van der Waals surface area contributed by atoms with Gasteiger partial charge in [-0.25, -0.2) is 0 Å². The number of likely N-dealkylation sites (tertiary alicyclic amines) is 1. The number of hydrogen-bond acceptors (Lipinski definition) is 2. The fourth-order valence-electron chi connectivity index (χ4n) is 3.12. The van der Waals surface area contributed by atoms with Crippen LogP contribution in [0.15, 0.2) is 0 Å². The highest BCUT2D eigenvalue weighted by atomic mass is 16.4. The predicted octanol–water partition coefficient (Wildman–Crippen LogP) is 1.99. The van der Waals surface area contributed by atoms with Crippen LogP contribution in [0.25, 0.3) is 0 Å². The van der Waals surface area contributed by atoms with Crippen LogP contribution in [0.4, 0.5) is 0 Å². The van der Waals surface area contributed by atoms with Gasteiger partial charge < -0.3 is 10.0 Å². The van der Waals surface area contributed by atoms with E-state index in [1.165, 1.54) is 0 Å². The summed E-state index contributed by atoms with van der Waals surface area (Å²) in [5.74, 6) is -0.525. The molecule has 1 saturated heterocycles. The fourth-order valence-corrected chi connectivity index (χ4v) is 3.12. The van der Waals surface area contributed by atoms with E-state index in [4.69, 9.17) is 5.11 Å². The van der Waals surface area contributed by atoms with Crippen LogP contribution in [0, 0.1) is 23.2 Å². The van der Waals surface area contributed by atoms with Crippen LogP contribution in [0.3, 0.4) is 0 Å². The van der Waals surface area contributed by atoms with Crippen LogP contribution < -0.4 is 0 Å². The van der Waals surface area contributed by atoms with Crippen LogP contribution in [-0.2, 0) is 9.59 Å². The molecule has 1 heterocycles. The Morgan fingerprint density at radius 3 is 2.56 bits per heavy atom. The smallest absolute Gasteiger partial charge is 0.306 e. The lowest BCUT2D eigenvalue weighted by atomic mass is 9.86. The van der Waals surface area contributed by atoms with Crippen molar-refractivity contribution in [2.75, 3.05) is 13.1 Å². The zero-order chi connectivity index (χ0) is 13.5. The third kappa shape index (κ3) is 2.25. The first-order chi connectivity index (χ1) is 8.39. The third-order valence-electron chi connectivity index (χ3n) is 4.99. The van der Waals surface area contributed by atoms with Gasteiger partial charge in [0.2, 0.25) is 5.91 Å². The number of carboxylic acid groups (broad SMARTS) is 1. The summed E-state index contributed by atoms with van der Waals surface area (Å²) >= 11 is 0. The van der Waals surface area contributed by atoms with Gasteiger partial charge in [-0.05, 0) is 30.6 Å². The molecule has 1 saturated carbocycles. The first-order valence-corrected chi connectivity index (χ1v) is 6.90. The molecule has 2 fully saturated rings. The third-order valence-corrected chi connectivity index (χ3v) is 4.99. The van der Waals surface area contributed by atoms with Crippen LogP contribution in [0.2, 0.25) is 0 Å². The molecular formula is C14H23NO3. The van der Waals surface area contributed by atoms with Gasteiger partial charge in [0.1, 0.15) is 0 Å². The molecule has 18 heavy (non-hydrogen) atoms. The van der Waals surface area contributed by atoms with E-state index < -0.39 is 5.97 Å². The van der Waals surface area contributed by atoms with E-state index >= 15 is 0 Å². The van der Waals surface area contributed by atoms with Gasteiger partial charge in [0, 0.05) is 19.0 Å². The minimum Gasteiger partial charge on any atom is -0.481 e. The number of carboxylic acids is 1. The molecule has 4 heteroatoms. The molecule has 102 valence electrons. The van der Waals surface area contributed by atoms with Gasteiger partial charge in [0.15, 0.2) is 0 Å². The highest BCUT2D eigenvalue weighted by Crippen LogP contribution is 2.55. The number of piperidine rings is 1. The summed E-state index contributed by atoms with van der Waals surface area (Å²) in [5.41, 5.74) is 0.198. The zero-order valence-corrected chi connectivity index (χ0v) is 11.5. The Kier molecular flexibility index (Phi) is 3.39. The average Bonchev–Trinajstić information content (AvgIpc) is 3.01. The molecule has 0 aromatic rings. The van der Waals surface area contributed by atoms with Crippen molar-refractivity contribution in [3.05, 3.63) is 0 Å². The predicted molar refractivity (Wildman–Crippen MR) is 68.0 cm³/mol. The number of nitrogens with zero attached hydrogens (tertiary/aromatic N) is 1. The molecular weight excluding hydrogens is 230 g/mol. The van der Waals surface area contributed by atoms with Gasteiger partial charge >= 0.3 is 5.97 Å². The average molecular weight is 253 g/mol. The zero-order valence-electron chi connectivity index (χ0n) is 11.5. The maximum atomic E-state index is 12.3. The first kappa shape index (κ1) is 13.4. The molecule has 4 atom stereocenters. The molecule has 0 spiro atoms. The number of hydrogen-bond donors (Lipinski definition) is 1. The minimum atomic E-state index is -0.723. The number of aliphatic carboxylic acids is 1. The van der Waals surface area contributed by atoms with Crippen molar-refractivity contribution in [2.24, 2.45) is 23.2 Å². The van der Waals surface area contributed by atoms with E-state index in [1.807, 2.05) is 11.8 Å². The molecule has 1 N–H and O–H groups in total. The lowest BCUT2D eigenvalue weighted by molar-refractivity contribution is -0.148. The molecule has 4 unspecified atom stereocenters. The van der Waals surface area contributed by atoms with E-state index in [0.29, 0.717) is 19.5 Å². The summed E-state index contributed by atoms with van der Waals surface area (Å²) in [6.07, 6.45) is 2.64. The highest BCUT2D eigenvalue weighted by Gasteiger charge is 2.54. The summed E-state index contributed by atoms with van der Waals surface area (Å²) in [6, 6.07) is 0. The molecule has 1 amide bonds. The number of amides is 1. The van der Waals surface area contributed by atoms with Crippen LogP contribution in [0.1, 0.15) is 40.0 Å². The van der Waals surface area contributed by atoms with Crippen LogP contribution >= 0.6 is 0 Å². The van der Waals surface area contributed by atoms with E-state index in [2.05, 4.69) is 13.8 Å². The number of carbonyl (C=O) groups excluding carboxylic acids is 1. The van der Waals surface area contributed by atoms with Crippen molar-refractivity contribution in [3.8, 4) is 0 Å². The van der Waals surface area contributed by atoms with E-state index in [9.17, 15) is 9.59 Å². The van der Waals surface area contributed by atoms with Crippen molar-refractivity contribution in [3.63, 3.8) is 0 Å². The molecule has 0 aromatic heterocycles. The molecule has 2 rings (SSSR count). The molecule has 1 aliphatic heterocycles. The van der Waals surface area contributed by atoms with Crippen molar-refractivity contribution < 1.29 is 14.7 Å². The van der Waals surface area contributed by atoms with Crippen molar-refractivity contribution >= 4 is 11.9 Å². The molecule has 0 radical (unpaired) electrons. The Morgan fingerprint density at radius 2 is 2.11 bits per heavy atom. The molecule has 4 nitrogen and oxygen atoms in total. The summed E-state index contributed by atoms with van der Waals surface area (Å²) in [7, 11) is 0. The summed E-state index contributed by atoms with van der Waals surface area (Å²) in [5, 5.41) is 9.07. The Balaban J connectivity index is 1.93. The van der Waals surface area contributed by atoms with Gasteiger partial charge in [0.05, 0.1) is 5.92 Å². The number of carbonyl (C=O) groups is 2. The van der Waals surface area contributed by atoms with Gasteiger partial charge in [-0.15, -0.1) is 0 Å². The molecule has 2 aliphatic rings. The van der Waals surface area contributed by atoms with Crippen molar-refractivity contribution in [1.29, 1.82) is 0 Å². The van der Waals surface area contributed by atoms with E-state index in [0.717, 1.165) is 12.8 Å². The maximum absolute atomic E-state index is 12.3. The van der Waals surface area contributed by atoms with E-state index in [-0.39, 0.29) is 29.1 Å². The lowest BCUT2D eigenvalue weighted by Crippen LogP contribution is -2.46. The lowest BCUT2D eigenvalue weighted by Gasteiger charge is -2.35. The second-order valence-corrected chi connectivity index (χ2v) is 6.26. The first-order valence-electron chi connectivity index (χ1n) is 6.90. The summed E-state index contributed by atoms with van der Waals surface area (Å²) < 4.78 is 0. The van der Waals surface area contributed by atoms with Crippen molar-refractivity contribution in [1.82, 2.24) is 4.90 Å². The fraction of sp³-hybridized carbons (Fsp3) is 0.857. The van der Waals surface area contributed by atoms with Gasteiger partial charge in [-0.1, -0.05) is 20.8 Å².